The molecule has 0 radical (unpaired) electrons. The van der Waals surface area contributed by atoms with Gasteiger partial charge >= 0.3 is 5.97 Å². The Morgan fingerprint density at radius 1 is 1.09 bits per heavy atom. The Hall–Kier alpha value is -2.67. The normalized spacial score (nSPS) is 13.5. The molecule has 0 saturated heterocycles. The summed E-state index contributed by atoms with van der Waals surface area (Å²) in [7, 11) is 3.25. The molecular weight excluding hydrogens is 406 g/mol. The van der Waals surface area contributed by atoms with E-state index in [-0.39, 0.29) is 23.9 Å². The average Bonchev–Trinajstić information content (AvgIpc) is 2.74. The number of carbonyl (C=O) groups is 3. The van der Waals surface area contributed by atoms with Crippen LogP contribution in [0.5, 0.6) is 0 Å². The van der Waals surface area contributed by atoms with Gasteiger partial charge in [-0.1, -0.05) is 71.0 Å². The van der Waals surface area contributed by atoms with Crippen LogP contribution in [0.25, 0.3) is 0 Å². The third-order valence-corrected chi connectivity index (χ3v) is 5.08. The van der Waals surface area contributed by atoms with Crippen molar-refractivity contribution in [2.24, 2.45) is 5.41 Å². The molecule has 2 atom stereocenters. The van der Waals surface area contributed by atoms with Crippen molar-refractivity contribution in [3.05, 3.63) is 47.5 Å². The van der Waals surface area contributed by atoms with Crippen LogP contribution in [0.2, 0.25) is 0 Å². The molecule has 1 aromatic rings. The molecule has 0 aliphatic heterocycles. The van der Waals surface area contributed by atoms with E-state index in [1.807, 2.05) is 26.8 Å². The number of nitrogens with one attached hydrogen (secondary N) is 2. The summed E-state index contributed by atoms with van der Waals surface area (Å²) in [6.45, 7) is 13.4. The number of amides is 2. The first-order chi connectivity index (χ1) is 14.7. The fourth-order valence-corrected chi connectivity index (χ4v) is 2.56. The number of rotatable bonds is 8. The molecule has 1 rings (SSSR count). The lowest BCUT2D eigenvalue weighted by Crippen LogP contribution is -2.56. The van der Waals surface area contributed by atoms with Gasteiger partial charge in [-0.3, -0.25) is 9.59 Å². The zero-order valence-corrected chi connectivity index (χ0v) is 21.0. The third-order valence-electron chi connectivity index (χ3n) is 5.08. The van der Waals surface area contributed by atoms with Gasteiger partial charge in [0.05, 0.1) is 6.04 Å². The molecule has 32 heavy (non-hydrogen) atoms. The van der Waals surface area contributed by atoms with Gasteiger partial charge in [0.25, 0.3) is 0 Å². The van der Waals surface area contributed by atoms with Gasteiger partial charge in [-0.15, -0.1) is 0 Å². The van der Waals surface area contributed by atoms with Crippen molar-refractivity contribution in [1.29, 1.82) is 0 Å². The maximum absolute atomic E-state index is 12.6. The van der Waals surface area contributed by atoms with Crippen molar-refractivity contribution in [2.45, 2.75) is 66.5 Å². The van der Waals surface area contributed by atoms with Crippen molar-refractivity contribution < 1.29 is 19.5 Å². The van der Waals surface area contributed by atoms with Gasteiger partial charge < -0.3 is 20.6 Å². The minimum Gasteiger partial charge on any atom is -0.478 e. The summed E-state index contributed by atoms with van der Waals surface area (Å²) in [5.41, 5.74) is 1.11. The summed E-state index contributed by atoms with van der Waals surface area (Å²) in [4.78, 5) is 36.9. The van der Waals surface area contributed by atoms with E-state index in [0.29, 0.717) is 5.92 Å². The number of benzene rings is 1. The fourth-order valence-electron chi connectivity index (χ4n) is 2.56. The molecular formula is C25H41N3O4. The van der Waals surface area contributed by atoms with E-state index in [2.05, 4.69) is 48.7 Å². The summed E-state index contributed by atoms with van der Waals surface area (Å²) in [5, 5.41) is 14.4. The zero-order valence-electron chi connectivity index (χ0n) is 21.0. The Bertz CT molecular complexity index is 767. The van der Waals surface area contributed by atoms with Crippen molar-refractivity contribution in [1.82, 2.24) is 15.5 Å². The van der Waals surface area contributed by atoms with Crippen molar-refractivity contribution in [3.8, 4) is 0 Å². The zero-order chi connectivity index (χ0) is 25.1. The fraction of sp³-hybridized carbons (Fsp3) is 0.560. The lowest BCUT2D eigenvalue weighted by molar-refractivity contribution is -0.138. The second kappa shape index (κ2) is 13.7. The first-order valence-corrected chi connectivity index (χ1v) is 10.9. The first-order valence-electron chi connectivity index (χ1n) is 10.9. The topological polar surface area (TPSA) is 98.7 Å². The molecule has 0 heterocycles. The molecule has 1 aromatic carbocycles. The standard InChI is InChI=1S/C16H29N3O4.C9H12/c1-10(15(22)23)8-9-19(7)14(21)12(16(3,4)5)18-13(20)11(2)17-6;1-8(2)9-6-4-3-5-7-9/h8,11-12,17H,9H2,1-7H3,(H,18,20)(H,22,23);3-8H,1-2H3/b10-8+;. The molecule has 0 aliphatic rings. The Labute approximate surface area is 193 Å². The maximum atomic E-state index is 12.6. The molecule has 0 aliphatic carbocycles. The lowest BCUT2D eigenvalue weighted by atomic mass is 9.85. The Balaban J connectivity index is 0.000000879. The molecule has 0 saturated carbocycles. The smallest absolute Gasteiger partial charge is 0.331 e. The predicted octanol–water partition coefficient (Wildman–Crippen LogP) is 3.42. The van der Waals surface area contributed by atoms with E-state index < -0.39 is 23.5 Å². The van der Waals surface area contributed by atoms with Gasteiger partial charge in [0, 0.05) is 19.2 Å². The molecule has 0 bridgehead atoms. The van der Waals surface area contributed by atoms with Gasteiger partial charge in [0.1, 0.15) is 6.04 Å². The summed E-state index contributed by atoms with van der Waals surface area (Å²) in [6, 6.07) is 9.41. The lowest BCUT2D eigenvalue weighted by Gasteiger charge is -2.34. The van der Waals surface area contributed by atoms with Crippen LogP contribution in [-0.2, 0) is 14.4 Å². The molecule has 7 heteroatoms. The van der Waals surface area contributed by atoms with Gasteiger partial charge in [-0.05, 0) is 37.8 Å². The Morgan fingerprint density at radius 3 is 2.00 bits per heavy atom. The SMILES string of the molecule is CC(C)c1ccccc1.CNC(C)C(=O)NC(C(=O)N(C)C/C=C(\C)C(=O)O)C(C)(C)C. The van der Waals surface area contributed by atoms with Gasteiger partial charge in [0.15, 0.2) is 0 Å². The molecule has 0 aromatic heterocycles. The highest BCUT2D eigenvalue weighted by Crippen LogP contribution is 2.21. The van der Waals surface area contributed by atoms with Crippen LogP contribution >= 0.6 is 0 Å². The van der Waals surface area contributed by atoms with Crippen LogP contribution in [0.3, 0.4) is 0 Å². The maximum Gasteiger partial charge on any atom is 0.331 e. The second-order valence-electron chi connectivity index (χ2n) is 9.29. The van der Waals surface area contributed by atoms with Crippen molar-refractivity contribution in [2.75, 3.05) is 20.6 Å². The van der Waals surface area contributed by atoms with Crippen LogP contribution in [0, 0.1) is 5.41 Å². The van der Waals surface area contributed by atoms with Crippen LogP contribution in [0.1, 0.15) is 59.9 Å². The van der Waals surface area contributed by atoms with Crippen molar-refractivity contribution >= 4 is 17.8 Å². The first kappa shape index (κ1) is 29.3. The molecule has 0 fully saturated rings. The Kier molecular flexibility index (Phi) is 12.5. The number of carbonyl (C=O) groups excluding carboxylic acids is 2. The van der Waals surface area contributed by atoms with Gasteiger partial charge in [-0.2, -0.15) is 0 Å². The van der Waals surface area contributed by atoms with Crippen molar-refractivity contribution in [3.63, 3.8) is 0 Å². The highest BCUT2D eigenvalue weighted by atomic mass is 16.4. The molecule has 2 unspecified atom stereocenters. The van der Waals surface area contributed by atoms with Gasteiger partial charge in [-0.25, -0.2) is 4.79 Å². The quantitative estimate of drug-likeness (QED) is 0.531. The summed E-state index contributed by atoms with van der Waals surface area (Å²) >= 11 is 0. The minimum absolute atomic E-state index is 0.168. The highest BCUT2D eigenvalue weighted by Gasteiger charge is 2.35. The number of carboxylic acid groups (broad SMARTS) is 1. The number of hydrogen-bond acceptors (Lipinski definition) is 4. The number of hydrogen-bond donors (Lipinski definition) is 3. The van der Waals surface area contributed by atoms with Crippen LogP contribution in [-0.4, -0.2) is 60.5 Å². The molecule has 7 nitrogen and oxygen atoms in total. The van der Waals surface area contributed by atoms with E-state index in [4.69, 9.17) is 5.11 Å². The number of nitrogens with zero attached hydrogens (tertiary/aromatic N) is 1. The van der Waals surface area contributed by atoms with E-state index >= 15 is 0 Å². The van der Waals surface area contributed by atoms with E-state index in [1.165, 1.54) is 23.5 Å². The summed E-state index contributed by atoms with van der Waals surface area (Å²) in [6.07, 6.45) is 1.47. The number of likely N-dealkylation sites (N-methyl/N-ethyl adjacent to an activating group) is 2. The monoisotopic (exact) mass is 447 g/mol. The molecule has 180 valence electrons. The van der Waals surface area contributed by atoms with Gasteiger partial charge in [0.2, 0.25) is 11.8 Å². The Morgan fingerprint density at radius 2 is 1.62 bits per heavy atom. The van der Waals surface area contributed by atoms with Crippen LogP contribution < -0.4 is 10.6 Å². The van der Waals surface area contributed by atoms with E-state index in [1.54, 1.807) is 21.0 Å². The molecule has 2 amide bonds. The highest BCUT2D eigenvalue weighted by molar-refractivity contribution is 5.90. The van der Waals surface area contributed by atoms with Crippen LogP contribution in [0.4, 0.5) is 0 Å². The minimum atomic E-state index is -1.02. The predicted molar refractivity (Wildman–Crippen MR) is 129 cm³/mol. The second-order valence-corrected chi connectivity index (χ2v) is 9.29. The summed E-state index contributed by atoms with van der Waals surface area (Å²) in [5.74, 6) is -0.879. The van der Waals surface area contributed by atoms with E-state index in [9.17, 15) is 14.4 Å². The average molecular weight is 448 g/mol. The number of carboxylic acids is 1. The number of aliphatic carboxylic acids is 1. The van der Waals surface area contributed by atoms with E-state index in [0.717, 1.165) is 0 Å². The van der Waals surface area contributed by atoms with Crippen LogP contribution in [0.15, 0.2) is 42.0 Å². The molecule has 3 N–H and O–H groups in total. The summed E-state index contributed by atoms with van der Waals surface area (Å²) < 4.78 is 0. The largest absolute Gasteiger partial charge is 0.478 e. The molecule has 0 spiro atoms. The third kappa shape index (κ3) is 10.6.